The van der Waals surface area contributed by atoms with Gasteiger partial charge in [-0.05, 0) is 20.2 Å². The third-order valence-corrected chi connectivity index (χ3v) is 2.24. The molecule has 0 aliphatic heterocycles. The minimum Gasteiger partial charge on any atom is -0.478 e. The number of hydrogen-bond acceptors (Lipinski definition) is 3. The van der Waals surface area contributed by atoms with Gasteiger partial charge in [0.05, 0.1) is 5.56 Å². The highest BCUT2D eigenvalue weighted by molar-refractivity contribution is 6.05. The number of carbonyl (C=O) groups is 2. The number of carbonyl (C=O) groups excluding carboxylic acids is 1. The average Bonchev–Trinajstić information content (AvgIpc) is 2.25. The molecule has 0 aliphatic rings. The van der Waals surface area contributed by atoms with Gasteiger partial charge in [0.25, 0.3) is 0 Å². The van der Waals surface area contributed by atoms with Crippen LogP contribution in [-0.4, -0.2) is 42.4 Å². The van der Waals surface area contributed by atoms with Crippen molar-refractivity contribution in [2.45, 2.75) is 6.42 Å². The van der Waals surface area contributed by atoms with E-state index in [1.165, 1.54) is 6.07 Å². The number of hydrogen-bond donors (Lipinski definition) is 1. The van der Waals surface area contributed by atoms with Crippen LogP contribution in [0.3, 0.4) is 0 Å². The van der Waals surface area contributed by atoms with Gasteiger partial charge in [0.15, 0.2) is 5.78 Å². The predicted molar refractivity (Wildman–Crippen MR) is 60.9 cm³/mol. The van der Waals surface area contributed by atoms with Crippen LogP contribution in [0.15, 0.2) is 24.3 Å². The van der Waals surface area contributed by atoms with Crippen molar-refractivity contribution >= 4 is 11.8 Å². The molecular formula is C12H15NO3. The van der Waals surface area contributed by atoms with E-state index in [0.29, 0.717) is 13.0 Å². The molecule has 4 nitrogen and oxygen atoms in total. The molecule has 0 aromatic heterocycles. The first-order chi connectivity index (χ1) is 7.52. The van der Waals surface area contributed by atoms with Crippen molar-refractivity contribution in [2.24, 2.45) is 0 Å². The van der Waals surface area contributed by atoms with E-state index >= 15 is 0 Å². The topological polar surface area (TPSA) is 57.6 Å². The van der Waals surface area contributed by atoms with Gasteiger partial charge in [-0.25, -0.2) is 4.79 Å². The Hall–Kier alpha value is -1.68. The van der Waals surface area contributed by atoms with Crippen LogP contribution in [-0.2, 0) is 0 Å². The summed E-state index contributed by atoms with van der Waals surface area (Å²) in [6.07, 6.45) is 0.331. The molecule has 1 rings (SSSR count). The quantitative estimate of drug-likeness (QED) is 0.766. The van der Waals surface area contributed by atoms with E-state index < -0.39 is 5.97 Å². The van der Waals surface area contributed by atoms with Crippen LogP contribution in [0.2, 0.25) is 0 Å². The molecule has 86 valence electrons. The molecule has 0 fully saturated rings. The predicted octanol–water partition coefficient (Wildman–Crippen LogP) is 1.52. The summed E-state index contributed by atoms with van der Waals surface area (Å²) in [6.45, 7) is 0.618. The molecule has 0 saturated heterocycles. The molecule has 4 heteroatoms. The van der Waals surface area contributed by atoms with Crippen LogP contribution < -0.4 is 0 Å². The van der Waals surface area contributed by atoms with Gasteiger partial charge in [0.2, 0.25) is 0 Å². The third-order valence-electron chi connectivity index (χ3n) is 2.24. The van der Waals surface area contributed by atoms with E-state index in [1.807, 2.05) is 19.0 Å². The fraction of sp³-hybridized carbons (Fsp3) is 0.333. The van der Waals surface area contributed by atoms with E-state index in [0.717, 1.165) is 0 Å². The maximum Gasteiger partial charge on any atom is 0.336 e. The first-order valence-electron chi connectivity index (χ1n) is 5.02. The number of nitrogens with zero attached hydrogens (tertiary/aromatic N) is 1. The molecule has 0 bridgehead atoms. The van der Waals surface area contributed by atoms with Gasteiger partial charge in [-0.15, -0.1) is 0 Å². The number of carboxylic acid groups (broad SMARTS) is 1. The normalized spacial score (nSPS) is 10.4. The minimum absolute atomic E-state index is 0.0752. The van der Waals surface area contributed by atoms with Gasteiger partial charge in [0, 0.05) is 18.5 Å². The van der Waals surface area contributed by atoms with Crippen LogP contribution in [0, 0.1) is 0 Å². The number of rotatable bonds is 5. The Morgan fingerprint density at radius 3 is 2.25 bits per heavy atom. The summed E-state index contributed by atoms with van der Waals surface area (Å²) in [5.74, 6) is -1.19. The summed E-state index contributed by atoms with van der Waals surface area (Å²) < 4.78 is 0. The van der Waals surface area contributed by atoms with Crippen LogP contribution in [0.25, 0.3) is 0 Å². The van der Waals surface area contributed by atoms with E-state index in [-0.39, 0.29) is 16.9 Å². The standard InChI is InChI=1S/C12H15NO3/c1-13(2)8-7-11(14)9-5-3-4-6-10(9)12(15)16/h3-6H,7-8H2,1-2H3,(H,15,16). The van der Waals surface area contributed by atoms with E-state index in [2.05, 4.69) is 0 Å². The van der Waals surface area contributed by atoms with Crippen molar-refractivity contribution in [3.05, 3.63) is 35.4 Å². The molecule has 0 unspecified atom stereocenters. The van der Waals surface area contributed by atoms with Crippen molar-refractivity contribution < 1.29 is 14.7 Å². The Bertz CT molecular complexity index is 399. The van der Waals surface area contributed by atoms with Gasteiger partial charge < -0.3 is 10.0 Å². The van der Waals surface area contributed by atoms with Crippen molar-refractivity contribution in [3.63, 3.8) is 0 Å². The summed E-state index contributed by atoms with van der Waals surface area (Å²) in [6, 6.07) is 6.30. The van der Waals surface area contributed by atoms with Crippen molar-refractivity contribution in [1.82, 2.24) is 4.90 Å². The Balaban J connectivity index is 2.86. The van der Waals surface area contributed by atoms with Crippen molar-refractivity contribution in [2.75, 3.05) is 20.6 Å². The fourth-order valence-electron chi connectivity index (χ4n) is 1.37. The molecular weight excluding hydrogens is 206 g/mol. The highest BCUT2D eigenvalue weighted by Crippen LogP contribution is 2.11. The Morgan fingerprint density at radius 1 is 1.19 bits per heavy atom. The number of carboxylic acids is 1. The maximum atomic E-state index is 11.8. The fourth-order valence-corrected chi connectivity index (χ4v) is 1.37. The Kier molecular flexibility index (Phi) is 4.19. The van der Waals surface area contributed by atoms with Gasteiger partial charge >= 0.3 is 5.97 Å². The average molecular weight is 221 g/mol. The minimum atomic E-state index is -1.06. The van der Waals surface area contributed by atoms with Crippen LogP contribution in [0.4, 0.5) is 0 Å². The lowest BCUT2D eigenvalue weighted by Gasteiger charge is -2.09. The number of benzene rings is 1. The van der Waals surface area contributed by atoms with E-state index in [1.54, 1.807) is 18.2 Å². The highest BCUT2D eigenvalue weighted by atomic mass is 16.4. The molecule has 1 aromatic carbocycles. The lowest BCUT2D eigenvalue weighted by Crippen LogP contribution is -2.18. The summed E-state index contributed by atoms with van der Waals surface area (Å²) in [5.41, 5.74) is 0.364. The van der Waals surface area contributed by atoms with Crippen molar-refractivity contribution in [3.8, 4) is 0 Å². The highest BCUT2D eigenvalue weighted by Gasteiger charge is 2.15. The molecule has 0 spiro atoms. The lowest BCUT2D eigenvalue weighted by atomic mass is 10.0. The molecule has 0 radical (unpaired) electrons. The number of aromatic carboxylic acids is 1. The Labute approximate surface area is 94.5 Å². The van der Waals surface area contributed by atoms with Gasteiger partial charge in [-0.3, -0.25) is 4.79 Å². The number of Topliss-reactive ketones (excluding diaryl/α,β-unsaturated/α-hetero) is 1. The SMILES string of the molecule is CN(C)CCC(=O)c1ccccc1C(=O)O. The Morgan fingerprint density at radius 2 is 1.75 bits per heavy atom. The van der Waals surface area contributed by atoms with Gasteiger partial charge in [0.1, 0.15) is 0 Å². The molecule has 0 heterocycles. The molecule has 16 heavy (non-hydrogen) atoms. The van der Waals surface area contributed by atoms with Gasteiger partial charge in [-0.1, -0.05) is 18.2 Å². The zero-order chi connectivity index (χ0) is 12.1. The van der Waals surface area contributed by atoms with Crippen LogP contribution in [0.1, 0.15) is 27.1 Å². The molecule has 1 aromatic rings. The molecule has 0 aliphatic carbocycles. The molecule has 1 N–H and O–H groups in total. The van der Waals surface area contributed by atoms with E-state index in [4.69, 9.17) is 5.11 Å². The lowest BCUT2D eigenvalue weighted by molar-refractivity contribution is 0.0691. The third kappa shape index (κ3) is 3.17. The maximum absolute atomic E-state index is 11.8. The van der Waals surface area contributed by atoms with Crippen LogP contribution >= 0.6 is 0 Å². The number of ketones is 1. The summed E-state index contributed by atoms with van der Waals surface area (Å²) >= 11 is 0. The summed E-state index contributed by atoms with van der Waals surface area (Å²) in [7, 11) is 3.74. The smallest absolute Gasteiger partial charge is 0.336 e. The van der Waals surface area contributed by atoms with Crippen molar-refractivity contribution in [1.29, 1.82) is 0 Å². The molecule has 0 atom stereocenters. The molecule has 0 amide bonds. The van der Waals surface area contributed by atoms with Gasteiger partial charge in [-0.2, -0.15) is 0 Å². The second kappa shape index (κ2) is 5.42. The second-order valence-corrected chi connectivity index (χ2v) is 3.83. The summed E-state index contributed by atoms with van der Waals surface area (Å²) in [5, 5.41) is 8.93. The largest absolute Gasteiger partial charge is 0.478 e. The second-order valence-electron chi connectivity index (χ2n) is 3.83. The zero-order valence-electron chi connectivity index (χ0n) is 9.43. The molecule has 0 saturated carbocycles. The zero-order valence-corrected chi connectivity index (χ0v) is 9.43. The van der Waals surface area contributed by atoms with Crippen LogP contribution in [0.5, 0.6) is 0 Å². The monoisotopic (exact) mass is 221 g/mol. The van der Waals surface area contributed by atoms with E-state index in [9.17, 15) is 9.59 Å². The first kappa shape index (κ1) is 12.4. The first-order valence-corrected chi connectivity index (χ1v) is 5.02. The summed E-state index contributed by atoms with van der Waals surface area (Å²) in [4.78, 5) is 24.6.